The van der Waals surface area contributed by atoms with Gasteiger partial charge >= 0.3 is 6.18 Å². The SMILES string of the molecule is Nc1cnc2n1NC(N)(Cc1cccc(C(F)(F)F)c1)C=C2. The van der Waals surface area contributed by atoms with E-state index in [1.54, 1.807) is 18.2 Å². The summed E-state index contributed by atoms with van der Waals surface area (Å²) >= 11 is 0. The lowest BCUT2D eigenvalue weighted by Gasteiger charge is -2.32. The Bertz CT molecular complexity index is 734. The molecule has 5 N–H and O–H groups in total. The molecule has 2 aromatic rings. The maximum atomic E-state index is 12.8. The van der Waals surface area contributed by atoms with Crippen molar-refractivity contribution in [3.63, 3.8) is 0 Å². The number of hydrogen-bond acceptors (Lipinski definition) is 4. The van der Waals surface area contributed by atoms with Crippen LogP contribution >= 0.6 is 0 Å². The minimum atomic E-state index is -4.38. The zero-order valence-corrected chi connectivity index (χ0v) is 11.4. The third-order valence-electron chi connectivity index (χ3n) is 3.42. The first-order valence-corrected chi connectivity index (χ1v) is 6.52. The summed E-state index contributed by atoms with van der Waals surface area (Å²) in [5.74, 6) is 0.959. The van der Waals surface area contributed by atoms with Crippen LogP contribution in [0.25, 0.3) is 6.08 Å². The number of anilines is 1. The van der Waals surface area contributed by atoms with Crippen molar-refractivity contribution in [2.75, 3.05) is 11.2 Å². The first kappa shape index (κ1) is 14.5. The van der Waals surface area contributed by atoms with Gasteiger partial charge in [-0.3, -0.25) is 5.43 Å². The molecule has 0 spiro atoms. The Hall–Kier alpha value is -2.48. The van der Waals surface area contributed by atoms with Crippen LogP contribution in [0.1, 0.15) is 17.0 Å². The number of benzene rings is 1. The van der Waals surface area contributed by atoms with Gasteiger partial charge in [-0.15, -0.1) is 0 Å². The van der Waals surface area contributed by atoms with E-state index in [0.29, 0.717) is 17.2 Å². The van der Waals surface area contributed by atoms with Crippen molar-refractivity contribution >= 4 is 11.9 Å². The third-order valence-corrected chi connectivity index (χ3v) is 3.42. The second-order valence-electron chi connectivity index (χ2n) is 5.24. The van der Waals surface area contributed by atoms with E-state index in [9.17, 15) is 13.2 Å². The molecule has 1 unspecified atom stereocenters. The van der Waals surface area contributed by atoms with Gasteiger partial charge in [0, 0.05) is 6.42 Å². The Morgan fingerprint density at radius 1 is 1.32 bits per heavy atom. The number of nitrogen functional groups attached to an aromatic ring is 1. The number of alkyl halides is 3. The first-order valence-electron chi connectivity index (χ1n) is 6.52. The Morgan fingerprint density at radius 3 is 2.82 bits per heavy atom. The topological polar surface area (TPSA) is 81.9 Å². The van der Waals surface area contributed by atoms with Gasteiger partial charge in [0.2, 0.25) is 0 Å². The van der Waals surface area contributed by atoms with Gasteiger partial charge in [0.1, 0.15) is 11.5 Å². The fourth-order valence-corrected chi connectivity index (χ4v) is 2.38. The number of imidazole rings is 1. The van der Waals surface area contributed by atoms with Gasteiger partial charge in [-0.05, 0) is 23.8 Å². The lowest BCUT2D eigenvalue weighted by molar-refractivity contribution is -0.137. The van der Waals surface area contributed by atoms with Crippen LogP contribution < -0.4 is 16.9 Å². The number of nitrogens with zero attached hydrogens (tertiary/aromatic N) is 2. The van der Waals surface area contributed by atoms with Crippen molar-refractivity contribution in [2.45, 2.75) is 18.3 Å². The number of aromatic nitrogens is 2. The highest BCUT2D eigenvalue weighted by molar-refractivity contribution is 5.52. The molecule has 2 heterocycles. The molecule has 116 valence electrons. The van der Waals surface area contributed by atoms with Gasteiger partial charge in [-0.25, -0.2) is 9.66 Å². The molecule has 1 aromatic carbocycles. The molecule has 1 aliphatic rings. The summed E-state index contributed by atoms with van der Waals surface area (Å²) in [7, 11) is 0. The van der Waals surface area contributed by atoms with E-state index in [-0.39, 0.29) is 6.42 Å². The molecular weight excluding hydrogens is 295 g/mol. The van der Waals surface area contributed by atoms with E-state index in [0.717, 1.165) is 12.1 Å². The molecule has 0 saturated carbocycles. The second-order valence-corrected chi connectivity index (χ2v) is 5.24. The van der Waals surface area contributed by atoms with E-state index in [1.165, 1.54) is 16.9 Å². The van der Waals surface area contributed by atoms with Crippen molar-refractivity contribution in [3.05, 3.63) is 53.5 Å². The predicted octanol–water partition coefficient (Wildman–Crippen LogP) is 1.95. The average molecular weight is 309 g/mol. The maximum Gasteiger partial charge on any atom is 0.416 e. The van der Waals surface area contributed by atoms with Crippen molar-refractivity contribution < 1.29 is 13.2 Å². The van der Waals surface area contributed by atoms with Crippen LogP contribution in [0, 0.1) is 0 Å². The number of nitrogens with two attached hydrogens (primary N) is 2. The Morgan fingerprint density at radius 2 is 2.09 bits per heavy atom. The van der Waals surface area contributed by atoms with E-state index >= 15 is 0 Å². The van der Waals surface area contributed by atoms with Gasteiger partial charge < -0.3 is 11.5 Å². The molecule has 1 aliphatic heterocycles. The summed E-state index contributed by atoms with van der Waals surface area (Å²) in [4.78, 5) is 4.06. The van der Waals surface area contributed by atoms with Gasteiger partial charge in [-0.1, -0.05) is 18.2 Å². The summed E-state index contributed by atoms with van der Waals surface area (Å²) in [6, 6.07) is 5.09. The van der Waals surface area contributed by atoms with Crippen LogP contribution in [0.2, 0.25) is 0 Å². The summed E-state index contributed by atoms with van der Waals surface area (Å²) in [5.41, 5.74) is 13.7. The van der Waals surface area contributed by atoms with Gasteiger partial charge in [0.05, 0.1) is 11.8 Å². The molecular formula is C14H14F3N5. The molecule has 0 bridgehead atoms. The normalized spacial score (nSPS) is 20.5. The zero-order valence-electron chi connectivity index (χ0n) is 11.4. The van der Waals surface area contributed by atoms with Crippen molar-refractivity contribution in [1.82, 2.24) is 9.66 Å². The van der Waals surface area contributed by atoms with Crippen molar-refractivity contribution in [3.8, 4) is 0 Å². The van der Waals surface area contributed by atoms with E-state index < -0.39 is 17.4 Å². The second kappa shape index (κ2) is 4.77. The van der Waals surface area contributed by atoms with Gasteiger partial charge in [-0.2, -0.15) is 13.2 Å². The highest BCUT2D eigenvalue weighted by Crippen LogP contribution is 2.30. The summed E-state index contributed by atoms with van der Waals surface area (Å²) in [5, 5.41) is 0. The van der Waals surface area contributed by atoms with Crippen LogP contribution in [0.4, 0.5) is 19.0 Å². The van der Waals surface area contributed by atoms with Gasteiger partial charge in [0.25, 0.3) is 0 Å². The van der Waals surface area contributed by atoms with E-state index in [1.807, 2.05) is 0 Å². The molecule has 1 atom stereocenters. The molecule has 0 aliphatic carbocycles. The van der Waals surface area contributed by atoms with Crippen LogP contribution in [0.5, 0.6) is 0 Å². The monoisotopic (exact) mass is 309 g/mol. The highest BCUT2D eigenvalue weighted by atomic mass is 19.4. The fraction of sp³-hybridized carbons (Fsp3) is 0.214. The molecule has 0 fully saturated rings. The Labute approximate surface area is 124 Å². The van der Waals surface area contributed by atoms with Crippen LogP contribution in [0.3, 0.4) is 0 Å². The largest absolute Gasteiger partial charge is 0.416 e. The van der Waals surface area contributed by atoms with Crippen molar-refractivity contribution in [1.29, 1.82) is 0 Å². The summed E-state index contributed by atoms with van der Waals surface area (Å²) in [6.45, 7) is 0. The summed E-state index contributed by atoms with van der Waals surface area (Å²) < 4.78 is 39.8. The minimum Gasteiger partial charge on any atom is -0.382 e. The number of halogens is 3. The van der Waals surface area contributed by atoms with Crippen LogP contribution in [0.15, 0.2) is 36.5 Å². The van der Waals surface area contributed by atoms with Crippen LogP contribution in [-0.4, -0.2) is 15.3 Å². The molecule has 1 aromatic heterocycles. The number of rotatable bonds is 2. The number of nitrogens with one attached hydrogen (secondary N) is 1. The lowest BCUT2D eigenvalue weighted by atomic mass is 9.98. The minimum absolute atomic E-state index is 0.171. The maximum absolute atomic E-state index is 12.8. The molecule has 0 radical (unpaired) electrons. The van der Waals surface area contributed by atoms with Gasteiger partial charge in [0.15, 0.2) is 5.82 Å². The van der Waals surface area contributed by atoms with E-state index in [4.69, 9.17) is 11.5 Å². The Balaban J connectivity index is 1.86. The molecule has 5 nitrogen and oxygen atoms in total. The zero-order chi connectivity index (χ0) is 16.0. The van der Waals surface area contributed by atoms with Crippen LogP contribution in [-0.2, 0) is 12.6 Å². The standard InChI is InChI=1S/C14H14F3N5/c15-14(16,17)10-3-1-2-9(6-10)7-13(19)5-4-12-20-8-11(18)22(12)21-13/h1-6,8,21H,7,18-19H2. The fourth-order valence-electron chi connectivity index (χ4n) is 2.38. The third kappa shape index (κ3) is 2.64. The molecule has 0 amide bonds. The highest BCUT2D eigenvalue weighted by Gasteiger charge is 2.32. The average Bonchev–Trinajstić information content (AvgIpc) is 2.79. The lowest BCUT2D eigenvalue weighted by Crippen LogP contribution is -2.53. The first-order chi connectivity index (χ1) is 10.3. The molecule has 0 saturated heterocycles. The molecule has 3 rings (SSSR count). The predicted molar refractivity (Wildman–Crippen MR) is 77.1 cm³/mol. The number of hydrogen-bond donors (Lipinski definition) is 3. The summed E-state index contributed by atoms with van der Waals surface area (Å²) in [6.07, 6.45) is 0.609. The smallest absolute Gasteiger partial charge is 0.382 e. The number of fused-ring (bicyclic) bond motifs is 1. The Kier molecular flexibility index (Phi) is 3.13. The molecule has 8 heteroatoms. The quantitative estimate of drug-likeness (QED) is 0.792. The van der Waals surface area contributed by atoms with E-state index in [2.05, 4.69) is 10.4 Å². The van der Waals surface area contributed by atoms with Crippen molar-refractivity contribution in [2.24, 2.45) is 5.73 Å². The molecule has 22 heavy (non-hydrogen) atoms.